The van der Waals surface area contributed by atoms with Crippen molar-refractivity contribution >= 4 is 28.3 Å². The van der Waals surface area contributed by atoms with Crippen molar-refractivity contribution in [3.05, 3.63) is 65.6 Å². The molecule has 0 aliphatic carbocycles. The molecule has 4 N–H and O–H groups in total. The van der Waals surface area contributed by atoms with E-state index in [1.54, 1.807) is 23.7 Å². The van der Waals surface area contributed by atoms with Gasteiger partial charge in [0.25, 0.3) is 5.91 Å². The summed E-state index contributed by atoms with van der Waals surface area (Å²) in [6.07, 6.45) is 2.01. The summed E-state index contributed by atoms with van der Waals surface area (Å²) >= 11 is 0. The van der Waals surface area contributed by atoms with Crippen molar-refractivity contribution in [2.75, 3.05) is 30.4 Å². The quantitative estimate of drug-likeness (QED) is 0.366. The number of amides is 1. The number of nitrogens with zero attached hydrogens (tertiary/aromatic N) is 4. The molecule has 1 saturated heterocycles. The standard InChI is InChI=1S/C26H26F2N6O3/c1-33-18-7-6-17(25(23(18)32-20(33)13-35)34-11-9-14(29)12-34)31-26(36)15-8-10-30-24(22(15)28)21-16(27)4-3-5-19(21)37-2/h3-8,10,14,35H,9,11-13,29H2,1-2H3,(H,31,36)/t14-/m0/s1. The average molecular weight is 509 g/mol. The third-order valence-corrected chi connectivity index (χ3v) is 6.62. The summed E-state index contributed by atoms with van der Waals surface area (Å²) in [6, 6.07) is 8.76. The van der Waals surface area contributed by atoms with Crippen LogP contribution < -0.4 is 20.7 Å². The summed E-state index contributed by atoms with van der Waals surface area (Å²) in [4.78, 5) is 23.9. The molecule has 1 atom stereocenters. The summed E-state index contributed by atoms with van der Waals surface area (Å²) in [5, 5.41) is 12.5. The van der Waals surface area contributed by atoms with Crippen LogP contribution in [-0.4, -0.2) is 51.8 Å². The number of pyridine rings is 1. The number of ether oxygens (including phenoxy) is 1. The van der Waals surface area contributed by atoms with Crippen LogP contribution >= 0.6 is 0 Å². The van der Waals surface area contributed by atoms with Crippen molar-refractivity contribution in [1.82, 2.24) is 14.5 Å². The van der Waals surface area contributed by atoms with Gasteiger partial charge in [0.2, 0.25) is 0 Å². The number of aliphatic hydroxyl groups is 1. The highest BCUT2D eigenvalue weighted by atomic mass is 19.1. The van der Waals surface area contributed by atoms with E-state index in [1.165, 1.54) is 37.6 Å². The third kappa shape index (κ3) is 4.25. The zero-order valence-electron chi connectivity index (χ0n) is 20.3. The van der Waals surface area contributed by atoms with Gasteiger partial charge >= 0.3 is 0 Å². The van der Waals surface area contributed by atoms with Crippen LogP contribution in [0, 0.1) is 11.6 Å². The Morgan fingerprint density at radius 1 is 1.27 bits per heavy atom. The number of aryl methyl sites for hydroxylation is 1. The van der Waals surface area contributed by atoms with E-state index in [0.717, 1.165) is 11.9 Å². The second kappa shape index (κ2) is 9.75. The summed E-state index contributed by atoms with van der Waals surface area (Å²) in [6.45, 7) is 0.944. The number of benzene rings is 2. The van der Waals surface area contributed by atoms with E-state index in [0.29, 0.717) is 35.8 Å². The predicted molar refractivity (Wildman–Crippen MR) is 136 cm³/mol. The van der Waals surface area contributed by atoms with Crippen molar-refractivity contribution in [3.8, 4) is 17.0 Å². The molecule has 11 heteroatoms. The van der Waals surface area contributed by atoms with Crippen LogP contribution in [0.5, 0.6) is 5.75 Å². The Labute approximate surface area is 211 Å². The molecular formula is C26H26F2N6O3. The normalized spacial score (nSPS) is 15.4. The van der Waals surface area contributed by atoms with Gasteiger partial charge in [-0.2, -0.15) is 0 Å². The van der Waals surface area contributed by atoms with Crippen molar-refractivity contribution in [2.24, 2.45) is 12.8 Å². The van der Waals surface area contributed by atoms with Gasteiger partial charge in [-0.25, -0.2) is 13.8 Å². The Kier molecular flexibility index (Phi) is 6.48. The Hall–Kier alpha value is -4.09. The van der Waals surface area contributed by atoms with Crippen LogP contribution in [0.4, 0.5) is 20.2 Å². The lowest BCUT2D eigenvalue weighted by Gasteiger charge is -2.23. The minimum Gasteiger partial charge on any atom is -0.496 e. The van der Waals surface area contributed by atoms with Crippen LogP contribution in [0.25, 0.3) is 22.3 Å². The second-order valence-corrected chi connectivity index (χ2v) is 8.86. The molecule has 9 nitrogen and oxygen atoms in total. The van der Waals surface area contributed by atoms with Gasteiger partial charge in [0, 0.05) is 32.4 Å². The highest BCUT2D eigenvalue weighted by Crippen LogP contribution is 2.38. The number of nitrogens with two attached hydrogens (primary N) is 1. The maximum absolute atomic E-state index is 15.6. The Balaban J connectivity index is 1.57. The first-order valence-corrected chi connectivity index (χ1v) is 11.7. The second-order valence-electron chi connectivity index (χ2n) is 8.86. The molecule has 5 rings (SSSR count). The van der Waals surface area contributed by atoms with Gasteiger partial charge in [-0.15, -0.1) is 0 Å². The van der Waals surface area contributed by atoms with Gasteiger partial charge < -0.3 is 30.4 Å². The van der Waals surface area contributed by atoms with Crippen molar-refractivity contribution in [3.63, 3.8) is 0 Å². The SMILES string of the molecule is COc1cccc(F)c1-c1nccc(C(=O)Nc2ccc3c(nc(CO)n3C)c2N2CC[C@H](N)C2)c1F. The van der Waals surface area contributed by atoms with E-state index in [9.17, 15) is 14.3 Å². The molecule has 0 radical (unpaired) electrons. The fourth-order valence-electron chi connectivity index (χ4n) is 4.73. The molecule has 1 aliphatic rings. The number of nitrogens with one attached hydrogen (secondary N) is 1. The van der Waals surface area contributed by atoms with E-state index in [4.69, 9.17) is 10.5 Å². The predicted octanol–water partition coefficient (Wildman–Crippen LogP) is 3.20. The molecular weight excluding hydrogens is 482 g/mol. The van der Waals surface area contributed by atoms with Gasteiger partial charge in [0.1, 0.15) is 35.2 Å². The number of halogens is 2. The maximum atomic E-state index is 15.6. The molecule has 4 aromatic rings. The monoisotopic (exact) mass is 508 g/mol. The number of hydrogen-bond donors (Lipinski definition) is 3. The summed E-state index contributed by atoms with van der Waals surface area (Å²) in [5.74, 6) is -1.88. The molecule has 3 heterocycles. The first kappa shape index (κ1) is 24.6. The van der Waals surface area contributed by atoms with Crippen molar-refractivity contribution in [2.45, 2.75) is 19.1 Å². The van der Waals surface area contributed by atoms with Crippen LogP contribution in [0.1, 0.15) is 22.6 Å². The highest BCUT2D eigenvalue weighted by Gasteiger charge is 2.28. The number of aliphatic hydroxyl groups excluding tert-OH is 1. The molecule has 0 spiro atoms. The van der Waals surface area contributed by atoms with Gasteiger partial charge in [-0.3, -0.25) is 9.78 Å². The zero-order chi connectivity index (χ0) is 26.3. The van der Waals surface area contributed by atoms with Crippen LogP contribution in [0.2, 0.25) is 0 Å². The number of imidazole rings is 1. The lowest BCUT2D eigenvalue weighted by Crippen LogP contribution is -2.27. The number of fused-ring (bicyclic) bond motifs is 1. The van der Waals surface area contributed by atoms with Crippen LogP contribution in [-0.2, 0) is 13.7 Å². The van der Waals surface area contributed by atoms with Gasteiger partial charge in [-0.1, -0.05) is 6.07 Å². The largest absolute Gasteiger partial charge is 0.496 e. The first-order valence-electron chi connectivity index (χ1n) is 11.7. The molecule has 1 fully saturated rings. The Bertz CT molecular complexity index is 1510. The van der Waals surface area contributed by atoms with Gasteiger partial charge in [-0.05, 0) is 36.8 Å². The maximum Gasteiger partial charge on any atom is 0.258 e. The zero-order valence-corrected chi connectivity index (χ0v) is 20.3. The summed E-state index contributed by atoms with van der Waals surface area (Å²) in [5.41, 5.74) is 7.74. The van der Waals surface area contributed by atoms with Gasteiger partial charge in [0.15, 0.2) is 5.82 Å². The first-order chi connectivity index (χ1) is 17.8. The summed E-state index contributed by atoms with van der Waals surface area (Å²) in [7, 11) is 3.14. The minimum atomic E-state index is -0.977. The molecule has 0 bridgehead atoms. The fourth-order valence-corrected chi connectivity index (χ4v) is 4.73. The van der Waals surface area contributed by atoms with Crippen LogP contribution in [0.15, 0.2) is 42.6 Å². The number of hydrogen-bond acceptors (Lipinski definition) is 7. The lowest BCUT2D eigenvalue weighted by atomic mass is 10.1. The van der Waals surface area contributed by atoms with E-state index < -0.39 is 17.5 Å². The number of anilines is 2. The molecule has 2 aromatic heterocycles. The topological polar surface area (TPSA) is 119 Å². The Morgan fingerprint density at radius 2 is 2.08 bits per heavy atom. The Morgan fingerprint density at radius 3 is 2.78 bits per heavy atom. The molecule has 2 aromatic carbocycles. The van der Waals surface area contributed by atoms with Crippen LogP contribution in [0.3, 0.4) is 0 Å². The van der Waals surface area contributed by atoms with Gasteiger partial charge in [0.05, 0.1) is 35.1 Å². The van der Waals surface area contributed by atoms with E-state index in [-0.39, 0.29) is 35.2 Å². The number of carbonyl (C=O) groups excluding carboxylic acids is 1. The number of methoxy groups -OCH3 is 1. The number of aromatic nitrogens is 3. The number of rotatable bonds is 6. The van der Waals surface area contributed by atoms with Crippen molar-refractivity contribution in [1.29, 1.82) is 0 Å². The summed E-state index contributed by atoms with van der Waals surface area (Å²) < 4.78 is 37.2. The molecule has 37 heavy (non-hydrogen) atoms. The smallest absolute Gasteiger partial charge is 0.258 e. The minimum absolute atomic E-state index is 0.0456. The average Bonchev–Trinajstić information content (AvgIpc) is 3.46. The molecule has 1 amide bonds. The third-order valence-electron chi connectivity index (χ3n) is 6.62. The van der Waals surface area contributed by atoms with Crippen molar-refractivity contribution < 1.29 is 23.4 Å². The molecule has 0 saturated carbocycles. The highest BCUT2D eigenvalue weighted by molar-refractivity contribution is 6.09. The van der Waals surface area contributed by atoms with E-state index in [1.807, 2.05) is 4.90 Å². The fraction of sp³-hybridized carbons (Fsp3) is 0.269. The van der Waals surface area contributed by atoms with E-state index in [2.05, 4.69) is 15.3 Å². The molecule has 0 unspecified atom stereocenters. The molecule has 192 valence electrons. The molecule has 1 aliphatic heterocycles. The lowest BCUT2D eigenvalue weighted by molar-refractivity contribution is 0.102. The number of carbonyl (C=O) groups is 1. The van der Waals surface area contributed by atoms with E-state index >= 15 is 4.39 Å².